The van der Waals surface area contributed by atoms with Crippen molar-refractivity contribution in [2.45, 2.75) is 20.0 Å². The average molecular weight is 450 g/mol. The Morgan fingerprint density at radius 2 is 1.78 bits per heavy atom. The van der Waals surface area contributed by atoms with Gasteiger partial charge in [0.15, 0.2) is 0 Å². The minimum Gasteiger partial charge on any atom is -0.350 e. The SMILES string of the molecule is Cc1c(Br)c2ccccc2n1CC(=O)NCc1ccccc1NS(C)(=O)=O. The normalized spacial score (nSPS) is 11.5. The minimum absolute atomic E-state index is 0.152. The molecule has 0 saturated carbocycles. The van der Waals surface area contributed by atoms with Crippen molar-refractivity contribution in [1.82, 2.24) is 9.88 Å². The number of nitrogens with one attached hydrogen (secondary N) is 2. The van der Waals surface area contributed by atoms with Crippen LogP contribution < -0.4 is 10.0 Å². The minimum atomic E-state index is -3.39. The van der Waals surface area contributed by atoms with Gasteiger partial charge in [0, 0.05) is 27.6 Å². The highest BCUT2D eigenvalue weighted by molar-refractivity contribution is 9.10. The maximum Gasteiger partial charge on any atom is 0.240 e. The molecule has 3 aromatic rings. The van der Waals surface area contributed by atoms with Crippen molar-refractivity contribution >= 4 is 48.5 Å². The van der Waals surface area contributed by atoms with E-state index in [1.807, 2.05) is 35.8 Å². The van der Waals surface area contributed by atoms with E-state index >= 15 is 0 Å². The lowest BCUT2D eigenvalue weighted by Gasteiger charge is -2.13. The van der Waals surface area contributed by atoms with Gasteiger partial charge >= 0.3 is 0 Å². The van der Waals surface area contributed by atoms with Crippen molar-refractivity contribution in [3.8, 4) is 0 Å². The third-order valence-corrected chi connectivity index (χ3v) is 5.84. The maximum atomic E-state index is 12.5. The van der Waals surface area contributed by atoms with Crippen molar-refractivity contribution in [3.63, 3.8) is 0 Å². The molecule has 1 aromatic heterocycles. The number of hydrogen-bond donors (Lipinski definition) is 2. The summed E-state index contributed by atoms with van der Waals surface area (Å²) in [5, 5.41) is 3.93. The van der Waals surface area contributed by atoms with Crippen LogP contribution in [0.2, 0.25) is 0 Å². The topological polar surface area (TPSA) is 80.2 Å². The van der Waals surface area contributed by atoms with Crippen LogP contribution in [0.1, 0.15) is 11.3 Å². The van der Waals surface area contributed by atoms with E-state index in [4.69, 9.17) is 0 Å². The molecule has 3 rings (SSSR count). The number of rotatable bonds is 6. The zero-order valence-corrected chi connectivity index (χ0v) is 17.4. The fourth-order valence-corrected chi connectivity index (χ4v) is 4.11. The molecule has 1 heterocycles. The second-order valence-electron chi connectivity index (χ2n) is 6.31. The van der Waals surface area contributed by atoms with Crippen LogP contribution in [0, 0.1) is 6.92 Å². The summed E-state index contributed by atoms with van der Waals surface area (Å²) in [5.41, 5.74) is 3.12. The number of nitrogens with zero attached hydrogens (tertiary/aromatic N) is 1. The number of carbonyl (C=O) groups is 1. The van der Waals surface area contributed by atoms with Crippen LogP contribution in [0.25, 0.3) is 10.9 Å². The monoisotopic (exact) mass is 449 g/mol. The number of sulfonamides is 1. The van der Waals surface area contributed by atoms with Gasteiger partial charge in [0.1, 0.15) is 6.54 Å². The molecule has 2 aromatic carbocycles. The molecule has 0 bridgehead atoms. The highest BCUT2D eigenvalue weighted by Gasteiger charge is 2.14. The first-order chi connectivity index (χ1) is 12.8. The number of carbonyl (C=O) groups excluding carboxylic acids is 1. The second kappa shape index (κ2) is 7.74. The van der Waals surface area contributed by atoms with Crippen LogP contribution in [0.5, 0.6) is 0 Å². The summed E-state index contributed by atoms with van der Waals surface area (Å²) in [6.45, 7) is 2.37. The molecular weight excluding hydrogens is 430 g/mol. The highest BCUT2D eigenvalue weighted by atomic mass is 79.9. The Kier molecular flexibility index (Phi) is 5.57. The Labute approximate surface area is 166 Å². The van der Waals surface area contributed by atoms with Gasteiger partial charge < -0.3 is 9.88 Å². The molecule has 0 atom stereocenters. The maximum absolute atomic E-state index is 12.5. The zero-order chi connectivity index (χ0) is 19.6. The van der Waals surface area contributed by atoms with Gasteiger partial charge in [-0.1, -0.05) is 36.4 Å². The van der Waals surface area contributed by atoms with E-state index in [1.165, 1.54) is 0 Å². The number of aromatic nitrogens is 1. The van der Waals surface area contributed by atoms with Gasteiger partial charge in [-0.3, -0.25) is 9.52 Å². The van der Waals surface area contributed by atoms with E-state index in [-0.39, 0.29) is 19.0 Å². The first-order valence-corrected chi connectivity index (χ1v) is 11.0. The molecule has 0 unspecified atom stereocenters. The Hall–Kier alpha value is -2.32. The van der Waals surface area contributed by atoms with Crippen LogP contribution in [0.15, 0.2) is 53.0 Å². The van der Waals surface area contributed by atoms with Crippen molar-refractivity contribution in [1.29, 1.82) is 0 Å². The summed E-state index contributed by atoms with van der Waals surface area (Å²) in [4.78, 5) is 12.5. The number of amides is 1. The van der Waals surface area contributed by atoms with E-state index in [2.05, 4.69) is 26.0 Å². The summed E-state index contributed by atoms with van der Waals surface area (Å²) >= 11 is 3.59. The number of benzene rings is 2. The molecule has 0 radical (unpaired) electrons. The smallest absolute Gasteiger partial charge is 0.240 e. The molecule has 142 valence electrons. The highest BCUT2D eigenvalue weighted by Crippen LogP contribution is 2.30. The van der Waals surface area contributed by atoms with Crippen molar-refractivity contribution in [2.75, 3.05) is 11.0 Å². The molecular formula is C19H20BrN3O3S. The summed E-state index contributed by atoms with van der Waals surface area (Å²) < 4.78 is 28.4. The van der Waals surface area contributed by atoms with Crippen molar-refractivity contribution < 1.29 is 13.2 Å². The molecule has 1 amide bonds. The predicted molar refractivity (Wildman–Crippen MR) is 111 cm³/mol. The molecule has 6 nitrogen and oxygen atoms in total. The molecule has 2 N–H and O–H groups in total. The van der Waals surface area contributed by atoms with E-state index in [9.17, 15) is 13.2 Å². The van der Waals surface area contributed by atoms with Crippen molar-refractivity contribution in [2.24, 2.45) is 0 Å². The van der Waals surface area contributed by atoms with Crippen LogP contribution in [-0.4, -0.2) is 25.1 Å². The molecule has 0 fully saturated rings. The summed E-state index contributed by atoms with van der Waals surface area (Å²) in [6.07, 6.45) is 1.10. The number of hydrogen-bond acceptors (Lipinski definition) is 3. The first kappa shape index (κ1) is 19.4. The van der Waals surface area contributed by atoms with Crippen molar-refractivity contribution in [3.05, 3.63) is 64.3 Å². The Balaban J connectivity index is 1.74. The number of anilines is 1. The summed E-state index contributed by atoms with van der Waals surface area (Å²) in [6, 6.07) is 14.9. The van der Waals surface area contributed by atoms with Gasteiger partial charge in [-0.05, 0) is 40.5 Å². The molecule has 0 aliphatic heterocycles. The van der Waals surface area contributed by atoms with E-state index in [0.717, 1.165) is 27.3 Å². The Morgan fingerprint density at radius 3 is 2.52 bits per heavy atom. The van der Waals surface area contributed by atoms with Crippen LogP contribution >= 0.6 is 15.9 Å². The van der Waals surface area contributed by atoms with Gasteiger partial charge in [-0.15, -0.1) is 0 Å². The lowest BCUT2D eigenvalue weighted by molar-refractivity contribution is -0.121. The lowest BCUT2D eigenvalue weighted by atomic mass is 10.2. The average Bonchev–Trinajstić information content (AvgIpc) is 2.85. The van der Waals surface area contributed by atoms with Crippen LogP contribution in [0.4, 0.5) is 5.69 Å². The third kappa shape index (κ3) is 4.51. The number of halogens is 1. The second-order valence-corrected chi connectivity index (χ2v) is 8.85. The molecule has 0 saturated heterocycles. The molecule has 0 spiro atoms. The zero-order valence-electron chi connectivity index (χ0n) is 15.0. The Morgan fingerprint density at radius 1 is 1.11 bits per heavy atom. The number of para-hydroxylation sites is 2. The fraction of sp³-hybridized carbons (Fsp3) is 0.211. The van der Waals surface area contributed by atoms with Gasteiger partial charge in [-0.25, -0.2) is 8.42 Å². The van der Waals surface area contributed by atoms with Gasteiger partial charge in [0.05, 0.1) is 11.9 Å². The third-order valence-electron chi connectivity index (χ3n) is 4.24. The van der Waals surface area contributed by atoms with E-state index < -0.39 is 10.0 Å². The predicted octanol–water partition coefficient (Wildman–Crippen LogP) is 3.40. The lowest BCUT2D eigenvalue weighted by Crippen LogP contribution is -2.28. The standard InChI is InChI=1S/C19H20BrN3O3S/c1-13-19(20)15-8-4-6-10-17(15)23(13)12-18(24)21-11-14-7-3-5-9-16(14)22-27(2,25)26/h3-10,22H,11-12H2,1-2H3,(H,21,24). The quantitative estimate of drug-likeness (QED) is 0.604. The largest absolute Gasteiger partial charge is 0.350 e. The van der Waals surface area contributed by atoms with E-state index in [1.54, 1.807) is 24.3 Å². The Bertz CT molecular complexity index is 1110. The van der Waals surface area contributed by atoms with Gasteiger partial charge in [0.2, 0.25) is 15.9 Å². The van der Waals surface area contributed by atoms with Gasteiger partial charge in [0.25, 0.3) is 0 Å². The van der Waals surface area contributed by atoms with Crippen LogP contribution in [0.3, 0.4) is 0 Å². The first-order valence-electron chi connectivity index (χ1n) is 8.32. The molecule has 27 heavy (non-hydrogen) atoms. The molecule has 0 aliphatic carbocycles. The van der Waals surface area contributed by atoms with E-state index in [0.29, 0.717) is 11.3 Å². The molecule has 0 aliphatic rings. The van der Waals surface area contributed by atoms with Crippen LogP contribution in [-0.2, 0) is 27.9 Å². The molecule has 8 heteroatoms. The number of fused-ring (bicyclic) bond motifs is 1. The van der Waals surface area contributed by atoms with Gasteiger partial charge in [-0.2, -0.15) is 0 Å². The summed E-state index contributed by atoms with van der Waals surface area (Å²) in [7, 11) is -3.39. The summed E-state index contributed by atoms with van der Waals surface area (Å²) in [5.74, 6) is -0.152. The fourth-order valence-electron chi connectivity index (χ4n) is 2.96.